The van der Waals surface area contributed by atoms with Gasteiger partial charge in [-0.25, -0.2) is 0 Å². The molecule has 2 aliphatic carbocycles. The fraction of sp³-hybridized carbons (Fsp3) is 0.500. The Labute approximate surface area is 191 Å². The van der Waals surface area contributed by atoms with Crippen molar-refractivity contribution < 1.29 is 0 Å². The molecule has 6 heteroatoms. The van der Waals surface area contributed by atoms with Gasteiger partial charge in [-0.15, -0.1) is 0 Å². The largest absolute Gasteiger partial charge is 0.399 e. The van der Waals surface area contributed by atoms with Gasteiger partial charge in [-0.05, 0) is 67.1 Å². The van der Waals surface area contributed by atoms with Crippen LogP contribution in [0, 0.1) is 0 Å². The maximum absolute atomic E-state index is 5.93. The Morgan fingerprint density at radius 2 is 1.78 bits per heavy atom. The molecule has 0 bridgehead atoms. The molecule has 2 fully saturated rings. The quantitative estimate of drug-likeness (QED) is 0.493. The van der Waals surface area contributed by atoms with Gasteiger partial charge in [0, 0.05) is 57.1 Å². The van der Waals surface area contributed by atoms with Crippen molar-refractivity contribution in [2.24, 2.45) is 4.99 Å². The molecule has 32 heavy (non-hydrogen) atoms. The summed E-state index contributed by atoms with van der Waals surface area (Å²) >= 11 is 0. The summed E-state index contributed by atoms with van der Waals surface area (Å²) in [6.45, 7) is 6.70. The minimum Gasteiger partial charge on any atom is -0.399 e. The molecule has 2 atom stereocenters. The zero-order valence-corrected chi connectivity index (χ0v) is 19.2. The number of nitrogens with one attached hydrogen (secondary N) is 2. The molecule has 1 aromatic rings. The molecule has 0 radical (unpaired) electrons. The molecule has 0 amide bonds. The van der Waals surface area contributed by atoms with Crippen LogP contribution in [0.3, 0.4) is 0 Å². The Hall–Kier alpha value is -2.57. The average Bonchev–Trinajstić information content (AvgIpc) is 2.83. The first-order chi connectivity index (χ1) is 15.7. The zero-order valence-electron chi connectivity index (χ0n) is 19.2. The fourth-order valence-electron chi connectivity index (χ4n) is 5.33. The van der Waals surface area contributed by atoms with Gasteiger partial charge in [0.1, 0.15) is 0 Å². The van der Waals surface area contributed by atoms with Crippen LogP contribution in [0.15, 0.2) is 64.3 Å². The van der Waals surface area contributed by atoms with E-state index >= 15 is 0 Å². The normalized spacial score (nSPS) is 27.4. The minimum atomic E-state index is 0.240. The molecule has 1 saturated heterocycles. The number of hydrogen-bond acceptors (Lipinski definition) is 4. The molecule has 1 saturated carbocycles. The first-order valence-corrected chi connectivity index (χ1v) is 12.1. The summed E-state index contributed by atoms with van der Waals surface area (Å²) in [6.07, 6.45) is 11.4. The highest BCUT2D eigenvalue weighted by molar-refractivity contribution is 5.84. The Kier molecular flexibility index (Phi) is 6.32. The Bertz CT molecular complexity index is 934. The number of allylic oxidation sites excluding steroid dienone is 2. The van der Waals surface area contributed by atoms with E-state index in [0.29, 0.717) is 5.92 Å². The number of nitrogens with zero attached hydrogens (tertiary/aromatic N) is 3. The van der Waals surface area contributed by atoms with E-state index in [1.54, 1.807) is 0 Å². The topological polar surface area (TPSA) is 68.9 Å². The van der Waals surface area contributed by atoms with Gasteiger partial charge >= 0.3 is 0 Å². The summed E-state index contributed by atoms with van der Waals surface area (Å²) in [5, 5.41) is 7.13. The van der Waals surface area contributed by atoms with E-state index in [1.807, 2.05) is 12.1 Å². The van der Waals surface area contributed by atoms with Gasteiger partial charge in [-0.1, -0.05) is 24.3 Å². The van der Waals surface area contributed by atoms with Gasteiger partial charge in [0.15, 0.2) is 5.96 Å². The molecule has 2 aliphatic heterocycles. The van der Waals surface area contributed by atoms with Gasteiger partial charge in [0.05, 0.1) is 6.04 Å². The average molecular weight is 433 g/mol. The lowest BCUT2D eigenvalue weighted by molar-refractivity contribution is 0.153. The van der Waals surface area contributed by atoms with Gasteiger partial charge in [-0.3, -0.25) is 4.99 Å². The maximum Gasteiger partial charge on any atom is 0.196 e. The number of aliphatic imine (C=N–C) groups is 1. The summed E-state index contributed by atoms with van der Waals surface area (Å²) in [4.78, 5) is 9.81. The van der Waals surface area contributed by atoms with Crippen LogP contribution in [0.4, 0.5) is 5.69 Å². The predicted molar refractivity (Wildman–Crippen MR) is 133 cm³/mol. The monoisotopic (exact) mass is 432 g/mol. The third kappa shape index (κ3) is 4.62. The summed E-state index contributed by atoms with van der Waals surface area (Å²) in [5.41, 5.74) is 12.4. The molecule has 5 rings (SSSR count). The molecular weight excluding hydrogens is 396 g/mol. The lowest BCUT2D eigenvalue weighted by atomic mass is 9.70. The lowest BCUT2D eigenvalue weighted by Crippen LogP contribution is -2.50. The van der Waals surface area contributed by atoms with Crippen molar-refractivity contribution in [1.82, 2.24) is 20.4 Å². The van der Waals surface area contributed by atoms with Crippen molar-refractivity contribution in [3.8, 4) is 0 Å². The van der Waals surface area contributed by atoms with Gasteiger partial charge in [-0.2, -0.15) is 0 Å². The number of nitrogens with two attached hydrogens (primary N) is 1. The van der Waals surface area contributed by atoms with Crippen LogP contribution in [0.2, 0.25) is 0 Å². The summed E-state index contributed by atoms with van der Waals surface area (Å²) < 4.78 is 0. The predicted octanol–water partition coefficient (Wildman–Crippen LogP) is 2.84. The Morgan fingerprint density at radius 1 is 1.03 bits per heavy atom. The van der Waals surface area contributed by atoms with E-state index in [4.69, 9.17) is 10.7 Å². The highest BCUT2D eigenvalue weighted by atomic mass is 15.2. The number of likely N-dealkylation sites (N-methyl/N-ethyl adjacent to an activating group) is 1. The van der Waals surface area contributed by atoms with Crippen LogP contribution >= 0.6 is 0 Å². The highest BCUT2D eigenvalue weighted by Gasteiger charge is 2.36. The van der Waals surface area contributed by atoms with Crippen molar-refractivity contribution in [2.45, 2.75) is 37.6 Å². The fourth-order valence-corrected chi connectivity index (χ4v) is 5.33. The second-order valence-electron chi connectivity index (χ2n) is 9.49. The van der Waals surface area contributed by atoms with Crippen LogP contribution in [0.25, 0.3) is 0 Å². The molecule has 2 heterocycles. The molecule has 6 nitrogen and oxygen atoms in total. The van der Waals surface area contributed by atoms with Crippen molar-refractivity contribution in [3.63, 3.8) is 0 Å². The SMILES string of the molecule is CN1CCN(CCCN=C2NC=C3CC(c4ccc(N)cc4)C4=CCCC=C4C3N2)CC1. The van der Waals surface area contributed by atoms with E-state index in [-0.39, 0.29) is 6.04 Å². The van der Waals surface area contributed by atoms with Gasteiger partial charge in [0.2, 0.25) is 0 Å². The number of benzene rings is 1. The van der Waals surface area contributed by atoms with Crippen LogP contribution in [0.1, 0.15) is 37.2 Å². The van der Waals surface area contributed by atoms with Crippen LogP contribution in [-0.2, 0) is 0 Å². The molecule has 1 aromatic carbocycles. The first-order valence-electron chi connectivity index (χ1n) is 12.1. The number of nitrogen functional groups attached to an aromatic ring is 1. The summed E-state index contributed by atoms with van der Waals surface area (Å²) in [7, 11) is 2.21. The summed E-state index contributed by atoms with van der Waals surface area (Å²) in [6, 6.07) is 8.65. The Morgan fingerprint density at radius 3 is 2.56 bits per heavy atom. The van der Waals surface area contributed by atoms with Crippen LogP contribution < -0.4 is 16.4 Å². The van der Waals surface area contributed by atoms with Gasteiger partial charge in [0.25, 0.3) is 0 Å². The van der Waals surface area contributed by atoms with Crippen molar-refractivity contribution in [1.29, 1.82) is 0 Å². The zero-order chi connectivity index (χ0) is 21.9. The molecule has 0 aromatic heterocycles. The molecule has 4 N–H and O–H groups in total. The molecular formula is C26H36N6. The number of hydrogen-bond donors (Lipinski definition) is 3. The van der Waals surface area contributed by atoms with Gasteiger partial charge < -0.3 is 26.2 Å². The third-order valence-corrected chi connectivity index (χ3v) is 7.24. The smallest absolute Gasteiger partial charge is 0.196 e. The number of guanidine groups is 1. The second-order valence-corrected chi connectivity index (χ2v) is 9.49. The highest BCUT2D eigenvalue weighted by Crippen LogP contribution is 2.45. The summed E-state index contributed by atoms with van der Waals surface area (Å²) in [5.74, 6) is 1.31. The van der Waals surface area contributed by atoms with E-state index in [9.17, 15) is 0 Å². The van der Waals surface area contributed by atoms with Crippen LogP contribution in [0.5, 0.6) is 0 Å². The van der Waals surface area contributed by atoms with E-state index in [0.717, 1.165) is 50.4 Å². The first kappa shape index (κ1) is 21.3. The van der Waals surface area contributed by atoms with Crippen molar-refractivity contribution in [2.75, 3.05) is 52.0 Å². The van der Waals surface area contributed by atoms with Crippen LogP contribution in [-0.4, -0.2) is 68.1 Å². The van der Waals surface area contributed by atoms with E-state index in [1.165, 1.54) is 48.5 Å². The number of anilines is 1. The second kappa shape index (κ2) is 9.51. The lowest BCUT2D eigenvalue weighted by Gasteiger charge is -2.41. The minimum absolute atomic E-state index is 0.240. The molecule has 2 unspecified atom stereocenters. The van der Waals surface area contributed by atoms with E-state index < -0.39 is 0 Å². The number of rotatable bonds is 5. The molecule has 0 spiro atoms. The van der Waals surface area contributed by atoms with E-state index in [2.05, 4.69) is 58.0 Å². The number of fused-ring (bicyclic) bond motifs is 3. The van der Waals surface area contributed by atoms with Crippen molar-refractivity contribution >= 4 is 11.6 Å². The number of piperazine rings is 1. The Balaban J connectivity index is 1.24. The van der Waals surface area contributed by atoms with Crippen molar-refractivity contribution in [3.05, 3.63) is 64.9 Å². The molecule has 4 aliphatic rings. The molecule has 170 valence electrons. The maximum atomic E-state index is 5.93. The third-order valence-electron chi connectivity index (χ3n) is 7.24. The standard InChI is InChI=1S/C26H36N6/c1-31-13-15-32(16-14-31)12-4-11-28-26-29-18-20-17-24(19-7-9-21(27)10-8-19)22-5-2-3-6-23(22)25(20)30-26/h5-10,18,24-25H,2-4,11-17,27H2,1H3,(H2,28,29,30).